The minimum atomic E-state index is -3.05. The van der Waals surface area contributed by atoms with Crippen molar-refractivity contribution in [2.24, 2.45) is 0 Å². The molecule has 4 nitrogen and oxygen atoms in total. The van der Waals surface area contributed by atoms with Crippen LogP contribution in [0.5, 0.6) is 0 Å². The maximum atomic E-state index is 12.0. The molecule has 1 aromatic rings. The molecule has 19 heavy (non-hydrogen) atoms. The fraction of sp³-hybridized carbons (Fsp3) is 0.714. The number of rotatable bonds is 6. The summed E-state index contributed by atoms with van der Waals surface area (Å²) in [5, 5.41) is 3.34. The minimum Gasteiger partial charge on any atom is -0.353 e. The largest absolute Gasteiger partial charge is 0.353 e. The van der Waals surface area contributed by atoms with Gasteiger partial charge in [-0.05, 0) is 32.4 Å². The van der Waals surface area contributed by atoms with E-state index in [1.165, 1.54) is 5.56 Å². The zero-order chi connectivity index (χ0) is 14.7. The van der Waals surface area contributed by atoms with Gasteiger partial charge in [0.15, 0.2) is 9.84 Å². The molecule has 0 atom stereocenters. The molecule has 5 heteroatoms. The first-order valence-electron chi connectivity index (χ1n) is 6.72. The summed E-state index contributed by atoms with van der Waals surface area (Å²) in [7, 11) is -3.05. The Bertz CT molecular complexity index is 496. The van der Waals surface area contributed by atoms with Gasteiger partial charge in [-0.15, -0.1) is 0 Å². The molecule has 0 spiro atoms. The van der Waals surface area contributed by atoms with Crippen LogP contribution in [0.4, 0.5) is 0 Å². The second-order valence-corrected chi connectivity index (χ2v) is 9.09. The lowest BCUT2D eigenvalue weighted by molar-refractivity contribution is 0.553. The van der Waals surface area contributed by atoms with Crippen molar-refractivity contribution in [1.82, 2.24) is 9.88 Å². The van der Waals surface area contributed by atoms with Crippen molar-refractivity contribution < 1.29 is 8.42 Å². The lowest BCUT2D eigenvalue weighted by Gasteiger charge is -2.19. The highest BCUT2D eigenvalue weighted by molar-refractivity contribution is 7.92. The molecule has 0 aliphatic carbocycles. The van der Waals surface area contributed by atoms with E-state index < -0.39 is 14.6 Å². The van der Waals surface area contributed by atoms with Crippen molar-refractivity contribution in [1.29, 1.82) is 0 Å². The van der Waals surface area contributed by atoms with Gasteiger partial charge in [-0.25, -0.2) is 8.42 Å². The lowest BCUT2D eigenvalue weighted by atomic mass is 10.3. The zero-order valence-electron chi connectivity index (χ0n) is 12.6. The van der Waals surface area contributed by atoms with Crippen molar-refractivity contribution in [3.05, 3.63) is 24.0 Å². The van der Waals surface area contributed by atoms with Crippen molar-refractivity contribution in [2.45, 2.75) is 58.5 Å². The summed E-state index contributed by atoms with van der Waals surface area (Å²) in [6.45, 7) is 10.8. The van der Waals surface area contributed by atoms with E-state index in [0.717, 1.165) is 6.54 Å². The van der Waals surface area contributed by atoms with E-state index in [0.29, 0.717) is 12.6 Å². The molecule has 0 unspecified atom stereocenters. The van der Waals surface area contributed by atoms with Gasteiger partial charge >= 0.3 is 0 Å². The van der Waals surface area contributed by atoms with E-state index in [1.54, 1.807) is 20.8 Å². The third kappa shape index (κ3) is 4.99. The fourth-order valence-electron chi connectivity index (χ4n) is 1.59. The van der Waals surface area contributed by atoms with E-state index in [4.69, 9.17) is 0 Å². The summed E-state index contributed by atoms with van der Waals surface area (Å²) in [5.74, 6) is 0.183. The Kier molecular flexibility index (Phi) is 5.21. The second-order valence-electron chi connectivity index (χ2n) is 6.22. The third-order valence-corrected chi connectivity index (χ3v) is 5.66. The van der Waals surface area contributed by atoms with Crippen LogP contribution in [0, 0.1) is 0 Å². The van der Waals surface area contributed by atoms with Gasteiger partial charge in [0.25, 0.3) is 0 Å². The number of nitrogens with zero attached hydrogens (tertiary/aromatic N) is 1. The number of nitrogens with one attached hydrogen (secondary N) is 1. The lowest BCUT2D eigenvalue weighted by Crippen LogP contribution is -2.31. The Labute approximate surface area is 117 Å². The maximum absolute atomic E-state index is 12.0. The summed E-state index contributed by atoms with van der Waals surface area (Å²) in [6, 6.07) is 2.48. The van der Waals surface area contributed by atoms with E-state index in [9.17, 15) is 8.42 Å². The second kappa shape index (κ2) is 6.09. The Morgan fingerprint density at radius 1 is 1.32 bits per heavy atom. The molecule has 0 radical (unpaired) electrons. The maximum Gasteiger partial charge on any atom is 0.156 e. The van der Waals surface area contributed by atoms with Crippen molar-refractivity contribution in [3.8, 4) is 0 Å². The fourth-order valence-corrected chi connectivity index (χ4v) is 2.65. The van der Waals surface area contributed by atoms with Crippen LogP contribution in [0.15, 0.2) is 18.5 Å². The van der Waals surface area contributed by atoms with Gasteiger partial charge in [-0.2, -0.15) is 0 Å². The molecule has 0 aliphatic rings. The number of sulfone groups is 1. The van der Waals surface area contributed by atoms with Crippen LogP contribution in [0.25, 0.3) is 0 Å². The molecule has 0 amide bonds. The molecular weight excluding hydrogens is 260 g/mol. The van der Waals surface area contributed by atoms with Gasteiger partial charge in [0, 0.05) is 31.5 Å². The van der Waals surface area contributed by atoms with E-state index in [1.807, 2.05) is 23.0 Å². The average Bonchev–Trinajstić information content (AvgIpc) is 2.70. The quantitative estimate of drug-likeness (QED) is 0.872. The average molecular weight is 286 g/mol. The summed E-state index contributed by atoms with van der Waals surface area (Å²) in [6.07, 6.45) is 3.95. The highest BCUT2D eigenvalue weighted by Gasteiger charge is 2.28. The molecule has 1 heterocycles. The molecule has 1 rings (SSSR count). The Hall–Kier alpha value is -0.810. The van der Waals surface area contributed by atoms with Crippen LogP contribution in [0.2, 0.25) is 0 Å². The topological polar surface area (TPSA) is 51.1 Å². The van der Waals surface area contributed by atoms with E-state index in [2.05, 4.69) is 19.2 Å². The normalized spacial score (nSPS) is 13.2. The van der Waals surface area contributed by atoms with Gasteiger partial charge in [0.1, 0.15) is 0 Å². The van der Waals surface area contributed by atoms with Gasteiger partial charge in [0.05, 0.1) is 10.5 Å². The molecule has 0 fully saturated rings. The molecule has 0 aliphatic heterocycles. The molecular formula is C14H26N2O2S. The summed E-state index contributed by atoms with van der Waals surface area (Å²) in [4.78, 5) is 0. The molecule has 1 aromatic heterocycles. The van der Waals surface area contributed by atoms with E-state index in [-0.39, 0.29) is 5.75 Å². The van der Waals surface area contributed by atoms with Gasteiger partial charge in [0.2, 0.25) is 0 Å². The predicted molar refractivity (Wildman–Crippen MR) is 79.9 cm³/mol. The van der Waals surface area contributed by atoms with Gasteiger partial charge in [-0.1, -0.05) is 13.8 Å². The number of hydrogen-bond acceptors (Lipinski definition) is 3. The van der Waals surface area contributed by atoms with Crippen LogP contribution in [0.1, 0.15) is 40.2 Å². The SMILES string of the molecule is CC(C)NCc1ccn(CCS(=O)(=O)C(C)(C)C)c1. The molecule has 0 saturated carbocycles. The molecule has 0 aromatic carbocycles. The van der Waals surface area contributed by atoms with E-state index >= 15 is 0 Å². The summed E-state index contributed by atoms with van der Waals surface area (Å²) >= 11 is 0. The standard InChI is InChI=1S/C14H26N2O2S/c1-12(2)15-10-13-6-7-16(11-13)8-9-19(17,18)14(3,4)5/h6-7,11-12,15H,8-10H2,1-5H3. The first-order valence-corrected chi connectivity index (χ1v) is 8.37. The Morgan fingerprint density at radius 2 is 1.95 bits per heavy atom. The molecule has 1 N–H and O–H groups in total. The van der Waals surface area contributed by atoms with Crippen LogP contribution >= 0.6 is 0 Å². The highest BCUT2D eigenvalue weighted by atomic mass is 32.2. The number of aromatic nitrogens is 1. The van der Waals surface area contributed by atoms with Gasteiger partial charge < -0.3 is 9.88 Å². The first kappa shape index (κ1) is 16.2. The van der Waals surface area contributed by atoms with Crippen LogP contribution < -0.4 is 5.32 Å². The van der Waals surface area contributed by atoms with Crippen LogP contribution in [0.3, 0.4) is 0 Å². The Morgan fingerprint density at radius 3 is 2.47 bits per heavy atom. The highest BCUT2D eigenvalue weighted by Crippen LogP contribution is 2.16. The molecule has 110 valence electrons. The van der Waals surface area contributed by atoms with Crippen molar-refractivity contribution >= 4 is 9.84 Å². The monoisotopic (exact) mass is 286 g/mol. The number of aryl methyl sites for hydroxylation is 1. The third-order valence-electron chi connectivity index (χ3n) is 3.08. The first-order chi connectivity index (χ1) is 8.62. The molecule has 0 saturated heterocycles. The summed E-state index contributed by atoms with van der Waals surface area (Å²) in [5.41, 5.74) is 1.18. The van der Waals surface area contributed by atoms with Crippen molar-refractivity contribution in [3.63, 3.8) is 0 Å². The van der Waals surface area contributed by atoms with Crippen molar-refractivity contribution in [2.75, 3.05) is 5.75 Å². The smallest absolute Gasteiger partial charge is 0.156 e. The van der Waals surface area contributed by atoms with Gasteiger partial charge in [-0.3, -0.25) is 0 Å². The number of hydrogen-bond donors (Lipinski definition) is 1. The Balaban J connectivity index is 2.56. The predicted octanol–water partition coefficient (Wildman–Crippen LogP) is 2.20. The molecule has 0 bridgehead atoms. The minimum absolute atomic E-state index is 0.183. The summed E-state index contributed by atoms with van der Waals surface area (Å²) < 4.78 is 25.3. The van der Waals surface area contributed by atoms with Crippen LogP contribution in [-0.2, 0) is 22.9 Å². The zero-order valence-corrected chi connectivity index (χ0v) is 13.4. The van der Waals surface area contributed by atoms with Crippen LogP contribution in [-0.4, -0.2) is 29.5 Å².